The van der Waals surface area contributed by atoms with Gasteiger partial charge in [-0.1, -0.05) is 12.8 Å². The van der Waals surface area contributed by atoms with Crippen molar-refractivity contribution in [3.8, 4) is 0 Å². The number of anilines is 1. The van der Waals surface area contributed by atoms with E-state index in [4.69, 9.17) is 5.73 Å². The van der Waals surface area contributed by atoms with Crippen LogP contribution in [0, 0.1) is 0 Å². The fourth-order valence-corrected chi connectivity index (χ4v) is 1.75. The van der Waals surface area contributed by atoms with Gasteiger partial charge in [0.1, 0.15) is 6.54 Å². The van der Waals surface area contributed by atoms with Crippen LogP contribution in [-0.2, 0) is 16.1 Å². The molecule has 0 spiro atoms. The van der Waals surface area contributed by atoms with Crippen molar-refractivity contribution >= 4 is 17.5 Å². The molecule has 0 bridgehead atoms. The Morgan fingerprint density at radius 3 is 2.70 bits per heavy atom. The summed E-state index contributed by atoms with van der Waals surface area (Å²) in [5.74, 6) is -0.164. The predicted molar refractivity (Wildman–Crippen MR) is 77.1 cm³/mol. The van der Waals surface area contributed by atoms with Crippen molar-refractivity contribution in [2.45, 2.75) is 38.6 Å². The Hall–Kier alpha value is -1.89. The summed E-state index contributed by atoms with van der Waals surface area (Å²) in [6, 6.07) is 0. The van der Waals surface area contributed by atoms with Crippen molar-refractivity contribution in [2.75, 3.05) is 18.9 Å². The number of hydrogen-bond acceptors (Lipinski definition) is 4. The molecule has 0 unspecified atom stereocenters. The maximum Gasteiger partial charge on any atom is 0.241 e. The standard InChI is InChI=1S/C13H23N5O2/c1-15-13(20)10-18-9-11(8-16-18)17-12(19)6-4-2-3-5-7-14/h8-9H,2-7,10,14H2,1H3,(H,15,20)(H,17,19). The Balaban J connectivity index is 2.26. The molecule has 7 nitrogen and oxygen atoms in total. The molecule has 0 saturated carbocycles. The van der Waals surface area contributed by atoms with Crippen molar-refractivity contribution in [3.63, 3.8) is 0 Å². The van der Waals surface area contributed by atoms with E-state index < -0.39 is 0 Å². The molecule has 1 aromatic rings. The molecule has 112 valence electrons. The molecule has 0 aliphatic heterocycles. The molecule has 0 aliphatic rings. The van der Waals surface area contributed by atoms with Crippen LogP contribution in [0.1, 0.15) is 32.1 Å². The average Bonchev–Trinajstić information content (AvgIpc) is 2.85. The van der Waals surface area contributed by atoms with Gasteiger partial charge in [0.15, 0.2) is 0 Å². The number of hydrogen-bond donors (Lipinski definition) is 3. The molecule has 1 aromatic heterocycles. The number of aromatic nitrogens is 2. The van der Waals surface area contributed by atoms with Crippen molar-refractivity contribution in [2.24, 2.45) is 5.73 Å². The van der Waals surface area contributed by atoms with Crippen LogP contribution in [0.5, 0.6) is 0 Å². The van der Waals surface area contributed by atoms with Crippen LogP contribution in [0.4, 0.5) is 5.69 Å². The van der Waals surface area contributed by atoms with Gasteiger partial charge in [0, 0.05) is 19.7 Å². The fraction of sp³-hybridized carbons (Fsp3) is 0.615. The molecular weight excluding hydrogens is 258 g/mol. The van der Waals surface area contributed by atoms with Crippen LogP contribution in [0.15, 0.2) is 12.4 Å². The Bertz CT molecular complexity index is 430. The van der Waals surface area contributed by atoms with Crippen LogP contribution >= 0.6 is 0 Å². The zero-order chi connectivity index (χ0) is 14.8. The molecular formula is C13H23N5O2. The molecule has 4 N–H and O–H groups in total. The largest absolute Gasteiger partial charge is 0.358 e. The van der Waals surface area contributed by atoms with Crippen LogP contribution < -0.4 is 16.4 Å². The third kappa shape index (κ3) is 6.33. The summed E-state index contributed by atoms with van der Waals surface area (Å²) in [6.45, 7) is 0.849. The summed E-state index contributed by atoms with van der Waals surface area (Å²) in [5, 5.41) is 9.28. The first kappa shape index (κ1) is 16.2. The zero-order valence-corrected chi connectivity index (χ0v) is 11.9. The molecule has 0 saturated heterocycles. The predicted octanol–water partition coefficient (Wildman–Crippen LogP) is 0.477. The average molecular weight is 281 g/mol. The SMILES string of the molecule is CNC(=O)Cn1cc(NC(=O)CCCCCCN)cn1. The minimum absolute atomic E-state index is 0.0303. The Morgan fingerprint density at radius 1 is 1.25 bits per heavy atom. The normalized spacial score (nSPS) is 10.3. The van der Waals surface area contributed by atoms with E-state index in [0.29, 0.717) is 18.7 Å². The van der Waals surface area contributed by atoms with Gasteiger partial charge >= 0.3 is 0 Å². The third-order valence-electron chi connectivity index (χ3n) is 2.86. The summed E-state index contributed by atoms with van der Waals surface area (Å²) in [7, 11) is 1.57. The number of carbonyl (C=O) groups is 2. The lowest BCUT2D eigenvalue weighted by Gasteiger charge is -2.02. The maximum atomic E-state index is 11.7. The van der Waals surface area contributed by atoms with Crippen LogP contribution in [0.3, 0.4) is 0 Å². The number of nitrogens with one attached hydrogen (secondary N) is 2. The van der Waals surface area contributed by atoms with Gasteiger partial charge in [-0.05, 0) is 19.4 Å². The molecule has 2 amide bonds. The number of likely N-dealkylation sites (N-methyl/N-ethyl adjacent to an activating group) is 1. The molecule has 20 heavy (non-hydrogen) atoms. The summed E-state index contributed by atoms with van der Waals surface area (Å²) in [4.78, 5) is 22.9. The number of amides is 2. The Kier molecular flexibility index (Phi) is 7.34. The highest BCUT2D eigenvalue weighted by atomic mass is 16.2. The topological polar surface area (TPSA) is 102 Å². The van der Waals surface area contributed by atoms with Crippen molar-refractivity contribution < 1.29 is 9.59 Å². The first-order chi connectivity index (χ1) is 9.65. The molecule has 0 atom stereocenters. The highest BCUT2D eigenvalue weighted by Crippen LogP contribution is 2.08. The number of carbonyl (C=O) groups excluding carboxylic acids is 2. The third-order valence-corrected chi connectivity index (χ3v) is 2.86. The second-order valence-electron chi connectivity index (χ2n) is 4.60. The summed E-state index contributed by atoms with van der Waals surface area (Å²) < 4.78 is 1.48. The van der Waals surface area contributed by atoms with Gasteiger partial charge in [-0.15, -0.1) is 0 Å². The van der Waals surface area contributed by atoms with Gasteiger partial charge in [-0.3, -0.25) is 14.3 Å². The van der Waals surface area contributed by atoms with Gasteiger partial charge in [0.2, 0.25) is 11.8 Å². The molecule has 1 heterocycles. The number of rotatable bonds is 9. The highest BCUT2D eigenvalue weighted by molar-refractivity contribution is 5.90. The number of unbranched alkanes of at least 4 members (excludes halogenated alkanes) is 3. The summed E-state index contributed by atoms with van der Waals surface area (Å²) in [5.41, 5.74) is 6.01. The lowest BCUT2D eigenvalue weighted by atomic mass is 10.1. The van der Waals surface area contributed by atoms with E-state index in [2.05, 4.69) is 15.7 Å². The van der Waals surface area contributed by atoms with Gasteiger partial charge < -0.3 is 16.4 Å². The van der Waals surface area contributed by atoms with E-state index in [1.54, 1.807) is 13.2 Å². The minimum atomic E-state index is -0.133. The number of nitrogens with two attached hydrogens (primary N) is 1. The van der Waals surface area contributed by atoms with Crippen molar-refractivity contribution in [3.05, 3.63) is 12.4 Å². The highest BCUT2D eigenvalue weighted by Gasteiger charge is 2.06. The van der Waals surface area contributed by atoms with E-state index >= 15 is 0 Å². The number of nitrogens with zero attached hydrogens (tertiary/aromatic N) is 2. The molecule has 0 fully saturated rings. The first-order valence-electron chi connectivity index (χ1n) is 6.88. The second-order valence-corrected chi connectivity index (χ2v) is 4.60. The van der Waals surface area contributed by atoms with Gasteiger partial charge in [0.25, 0.3) is 0 Å². The maximum absolute atomic E-state index is 11.7. The molecule has 0 aromatic carbocycles. The lowest BCUT2D eigenvalue weighted by Crippen LogP contribution is -2.23. The molecule has 1 rings (SSSR count). The summed E-state index contributed by atoms with van der Waals surface area (Å²) >= 11 is 0. The molecule has 0 aliphatic carbocycles. The lowest BCUT2D eigenvalue weighted by molar-refractivity contribution is -0.121. The monoisotopic (exact) mass is 281 g/mol. The quantitative estimate of drug-likeness (QED) is 0.573. The van der Waals surface area contributed by atoms with Crippen LogP contribution in [0.2, 0.25) is 0 Å². The van der Waals surface area contributed by atoms with Crippen LogP contribution in [0.25, 0.3) is 0 Å². The summed E-state index contributed by atoms with van der Waals surface area (Å²) in [6.07, 6.45) is 7.61. The second kappa shape index (κ2) is 9.08. The smallest absolute Gasteiger partial charge is 0.241 e. The van der Waals surface area contributed by atoms with Gasteiger partial charge in [0.05, 0.1) is 11.9 Å². The van der Waals surface area contributed by atoms with Crippen molar-refractivity contribution in [1.82, 2.24) is 15.1 Å². The Labute approximate surface area is 118 Å². The van der Waals surface area contributed by atoms with E-state index in [9.17, 15) is 9.59 Å². The molecule has 0 radical (unpaired) electrons. The van der Waals surface area contributed by atoms with Gasteiger partial charge in [-0.2, -0.15) is 5.10 Å². The van der Waals surface area contributed by atoms with E-state index in [-0.39, 0.29) is 18.4 Å². The van der Waals surface area contributed by atoms with Crippen molar-refractivity contribution in [1.29, 1.82) is 0 Å². The van der Waals surface area contributed by atoms with E-state index in [0.717, 1.165) is 25.7 Å². The van der Waals surface area contributed by atoms with Gasteiger partial charge in [-0.25, -0.2) is 0 Å². The fourth-order valence-electron chi connectivity index (χ4n) is 1.75. The zero-order valence-electron chi connectivity index (χ0n) is 11.9. The van der Waals surface area contributed by atoms with Crippen LogP contribution in [-0.4, -0.2) is 35.2 Å². The Morgan fingerprint density at radius 2 is 2.00 bits per heavy atom. The van der Waals surface area contributed by atoms with E-state index in [1.807, 2.05) is 0 Å². The minimum Gasteiger partial charge on any atom is -0.358 e. The molecule has 7 heteroatoms. The van der Waals surface area contributed by atoms with E-state index in [1.165, 1.54) is 10.9 Å². The first-order valence-corrected chi connectivity index (χ1v) is 6.88.